The van der Waals surface area contributed by atoms with E-state index in [1.165, 1.54) is 22.5 Å². The van der Waals surface area contributed by atoms with Crippen molar-refractivity contribution < 1.29 is 17.9 Å². The summed E-state index contributed by atoms with van der Waals surface area (Å²) in [5.41, 5.74) is 2.63. The van der Waals surface area contributed by atoms with Gasteiger partial charge in [-0.25, -0.2) is 8.42 Å². The number of rotatable bonds is 7. The van der Waals surface area contributed by atoms with Gasteiger partial charge in [0, 0.05) is 11.0 Å². The summed E-state index contributed by atoms with van der Waals surface area (Å²) in [6.07, 6.45) is 0.664. The molecule has 1 N–H and O–H groups in total. The Labute approximate surface area is 206 Å². The lowest BCUT2D eigenvalue weighted by molar-refractivity contribution is -0.123. The lowest BCUT2D eigenvalue weighted by Crippen LogP contribution is -2.31. The van der Waals surface area contributed by atoms with E-state index in [0.717, 1.165) is 15.6 Å². The predicted octanol–water partition coefficient (Wildman–Crippen LogP) is 5.11. The van der Waals surface area contributed by atoms with Crippen LogP contribution in [0.25, 0.3) is 0 Å². The largest absolute Gasteiger partial charge is 0.482 e. The molecule has 1 atom stereocenters. The van der Waals surface area contributed by atoms with Crippen molar-refractivity contribution in [2.45, 2.75) is 24.3 Å². The fraction of sp³-hybridized carbons (Fsp3) is 0.208. The van der Waals surface area contributed by atoms with E-state index in [4.69, 9.17) is 16.3 Å². The minimum atomic E-state index is -3.76. The number of anilines is 1. The van der Waals surface area contributed by atoms with E-state index in [2.05, 4.69) is 21.2 Å². The molecule has 0 aromatic heterocycles. The van der Waals surface area contributed by atoms with Crippen LogP contribution in [-0.2, 0) is 21.2 Å². The van der Waals surface area contributed by atoms with E-state index in [1.807, 2.05) is 49.4 Å². The summed E-state index contributed by atoms with van der Waals surface area (Å²) in [6, 6.07) is 19.2. The van der Waals surface area contributed by atoms with E-state index in [9.17, 15) is 13.2 Å². The molecule has 0 bridgehead atoms. The van der Waals surface area contributed by atoms with Gasteiger partial charge in [-0.15, -0.1) is 0 Å². The molecule has 0 radical (unpaired) electrons. The Morgan fingerprint density at radius 3 is 2.70 bits per heavy atom. The highest BCUT2D eigenvalue weighted by molar-refractivity contribution is 9.10. The van der Waals surface area contributed by atoms with Gasteiger partial charge >= 0.3 is 0 Å². The molecular weight excluding hydrogens is 528 g/mol. The minimum absolute atomic E-state index is 0.0734. The van der Waals surface area contributed by atoms with Crippen molar-refractivity contribution in [1.29, 1.82) is 0 Å². The molecule has 33 heavy (non-hydrogen) atoms. The Bertz CT molecular complexity index is 1300. The van der Waals surface area contributed by atoms with Gasteiger partial charge in [-0.3, -0.25) is 9.10 Å². The number of fused-ring (bicyclic) bond motifs is 1. The number of halogens is 2. The van der Waals surface area contributed by atoms with Crippen molar-refractivity contribution in [2.24, 2.45) is 0 Å². The third-order valence-electron chi connectivity index (χ3n) is 5.42. The fourth-order valence-corrected chi connectivity index (χ4v) is 5.98. The fourth-order valence-electron chi connectivity index (χ4n) is 3.73. The van der Waals surface area contributed by atoms with Crippen LogP contribution in [0, 0.1) is 0 Å². The number of nitrogens with zero attached hydrogens (tertiary/aromatic N) is 1. The molecule has 1 aliphatic rings. The first-order chi connectivity index (χ1) is 15.8. The second-order valence-electron chi connectivity index (χ2n) is 7.68. The maximum absolute atomic E-state index is 13.2. The molecule has 3 aromatic rings. The van der Waals surface area contributed by atoms with Crippen LogP contribution in [-0.4, -0.2) is 27.5 Å². The standard InChI is InChI=1S/C24H22BrClN2O4S/c1-16(18-6-4-7-19(25)13-18)27-24(29)15-32-23-10-9-20(14-21(23)26)33(30,31)28-12-11-17-5-2-3-8-22(17)28/h2-10,13-14,16H,11-12,15H2,1H3,(H,27,29). The van der Waals surface area contributed by atoms with Crippen LogP contribution in [0.5, 0.6) is 5.75 Å². The van der Waals surface area contributed by atoms with E-state index < -0.39 is 10.0 Å². The third-order valence-corrected chi connectivity index (χ3v) is 8.02. The van der Waals surface area contributed by atoms with Crippen LogP contribution < -0.4 is 14.4 Å². The smallest absolute Gasteiger partial charge is 0.264 e. The van der Waals surface area contributed by atoms with E-state index in [0.29, 0.717) is 18.7 Å². The van der Waals surface area contributed by atoms with Crippen molar-refractivity contribution in [3.63, 3.8) is 0 Å². The van der Waals surface area contributed by atoms with Crippen molar-refractivity contribution in [3.8, 4) is 5.75 Å². The Balaban J connectivity index is 1.41. The monoisotopic (exact) mass is 548 g/mol. The highest BCUT2D eigenvalue weighted by Crippen LogP contribution is 2.35. The molecule has 0 aliphatic carbocycles. The summed E-state index contributed by atoms with van der Waals surface area (Å²) in [6.45, 7) is 2.01. The number of hydrogen-bond acceptors (Lipinski definition) is 4. The van der Waals surface area contributed by atoms with Crippen LogP contribution in [0.1, 0.15) is 24.1 Å². The number of ether oxygens (including phenoxy) is 1. The first-order valence-electron chi connectivity index (χ1n) is 10.3. The average Bonchev–Trinajstić information content (AvgIpc) is 3.23. The van der Waals surface area contributed by atoms with E-state index in [-0.39, 0.29) is 34.2 Å². The molecule has 0 saturated heterocycles. The van der Waals surface area contributed by atoms with Gasteiger partial charge in [0.15, 0.2) is 6.61 Å². The molecule has 1 aliphatic heterocycles. The number of amides is 1. The molecule has 0 fully saturated rings. The molecule has 1 amide bonds. The van der Waals surface area contributed by atoms with Crippen LogP contribution >= 0.6 is 27.5 Å². The van der Waals surface area contributed by atoms with Crippen molar-refractivity contribution >= 4 is 49.1 Å². The van der Waals surface area contributed by atoms with Crippen LogP contribution in [0.15, 0.2) is 76.1 Å². The number of benzene rings is 3. The number of carbonyl (C=O) groups is 1. The third kappa shape index (κ3) is 5.18. The molecular formula is C24H22BrClN2O4S. The van der Waals surface area contributed by atoms with Gasteiger partial charge in [0.2, 0.25) is 0 Å². The zero-order chi connectivity index (χ0) is 23.6. The van der Waals surface area contributed by atoms with Crippen LogP contribution in [0.4, 0.5) is 5.69 Å². The number of carbonyl (C=O) groups excluding carboxylic acids is 1. The zero-order valence-electron chi connectivity index (χ0n) is 17.8. The summed E-state index contributed by atoms with van der Waals surface area (Å²) in [5.74, 6) is -0.0772. The van der Waals surface area contributed by atoms with Gasteiger partial charge in [0.25, 0.3) is 15.9 Å². The SMILES string of the molecule is CC(NC(=O)COc1ccc(S(=O)(=O)N2CCc3ccccc32)cc1Cl)c1cccc(Br)c1. The first kappa shape index (κ1) is 23.6. The number of nitrogens with one attached hydrogen (secondary N) is 1. The van der Waals surface area contributed by atoms with E-state index >= 15 is 0 Å². The summed E-state index contributed by atoms with van der Waals surface area (Å²) < 4.78 is 34.2. The van der Waals surface area contributed by atoms with Gasteiger partial charge in [0.1, 0.15) is 5.75 Å². The zero-order valence-corrected chi connectivity index (χ0v) is 21.0. The Hall–Kier alpha value is -2.55. The van der Waals surface area contributed by atoms with Gasteiger partial charge in [0.05, 0.1) is 21.6 Å². The molecule has 1 unspecified atom stereocenters. The Morgan fingerprint density at radius 2 is 1.94 bits per heavy atom. The second kappa shape index (κ2) is 9.75. The molecule has 4 rings (SSSR count). The summed E-state index contributed by atoms with van der Waals surface area (Å²) in [5, 5.41) is 2.99. The molecule has 172 valence electrons. The van der Waals surface area contributed by atoms with Crippen molar-refractivity contribution in [3.05, 3.63) is 87.4 Å². The summed E-state index contributed by atoms with van der Waals surface area (Å²) in [4.78, 5) is 12.4. The van der Waals surface area contributed by atoms with Gasteiger partial charge in [-0.05, 0) is 60.9 Å². The Kier molecular flexibility index (Phi) is 6.97. The Morgan fingerprint density at radius 1 is 1.15 bits per heavy atom. The molecule has 1 heterocycles. The van der Waals surface area contributed by atoms with Gasteiger partial charge in [-0.2, -0.15) is 0 Å². The molecule has 9 heteroatoms. The maximum Gasteiger partial charge on any atom is 0.264 e. The quantitative estimate of drug-likeness (QED) is 0.444. The highest BCUT2D eigenvalue weighted by atomic mass is 79.9. The topological polar surface area (TPSA) is 75.7 Å². The molecule has 3 aromatic carbocycles. The minimum Gasteiger partial charge on any atom is -0.482 e. The lowest BCUT2D eigenvalue weighted by Gasteiger charge is -2.20. The summed E-state index contributed by atoms with van der Waals surface area (Å²) >= 11 is 9.72. The lowest BCUT2D eigenvalue weighted by atomic mass is 10.1. The predicted molar refractivity (Wildman–Crippen MR) is 132 cm³/mol. The molecule has 6 nitrogen and oxygen atoms in total. The van der Waals surface area contributed by atoms with Gasteiger partial charge in [-0.1, -0.05) is 57.9 Å². The number of sulfonamides is 1. The van der Waals surface area contributed by atoms with E-state index in [1.54, 1.807) is 6.07 Å². The summed E-state index contributed by atoms with van der Waals surface area (Å²) in [7, 11) is -3.76. The number of hydrogen-bond donors (Lipinski definition) is 1. The van der Waals surface area contributed by atoms with Gasteiger partial charge < -0.3 is 10.1 Å². The van der Waals surface area contributed by atoms with Crippen LogP contribution in [0.2, 0.25) is 5.02 Å². The molecule has 0 saturated carbocycles. The average molecular weight is 550 g/mol. The first-order valence-corrected chi connectivity index (χ1v) is 12.9. The number of para-hydroxylation sites is 1. The van der Waals surface area contributed by atoms with Crippen molar-refractivity contribution in [1.82, 2.24) is 5.32 Å². The van der Waals surface area contributed by atoms with Crippen molar-refractivity contribution in [2.75, 3.05) is 17.5 Å². The normalized spacial score (nSPS) is 14.0. The molecule has 0 spiro atoms. The second-order valence-corrected chi connectivity index (χ2v) is 10.9. The van der Waals surface area contributed by atoms with Crippen LogP contribution in [0.3, 0.4) is 0 Å². The highest BCUT2D eigenvalue weighted by Gasteiger charge is 2.31. The maximum atomic E-state index is 13.2.